The van der Waals surface area contributed by atoms with Gasteiger partial charge in [0, 0.05) is 40.5 Å². The van der Waals surface area contributed by atoms with E-state index in [1.165, 1.54) is 135 Å². The molecule has 4 heteroatoms. The summed E-state index contributed by atoms with van der Waals surface area (Å²) < 4.78 is 12.4. The van der Waals surface area contributed by atoms with Gasteiger partial charge >= 0.3 is 0 Å². The van der Waals surface area contributed by atoms with Crippen LogP contribution < -0.4 is 24.0 Å². The smallest absolute Gasteiger partial charge is 0.157 e. The Kier molecular flexibility index (Phi) is 32.9. The van der Waals surface area contributed by atoms with Crippen LogP contribution in [0.2, 0.25) is 0 Å². The molecule has 0 rings (SSSR count). The quantitative estimate of drug-likeness (QED) is 0.0283. The molecule has 0 aliphatic carbocycles. The highest BCUT2D eigenvalue weighted by molar-refractivity contribution is 7.73. The molecule has 36 heavy (non-hydrogen) atoms. The third kappa shape index (κ3) is 32.8. The maximum Gasteiger partial charge on any atom is 0.157 e. The van der Waals surface area contributed by atoms with Crippen molar-refractivity contribution in [2.45, 2.75) is 155 Å². The van der Waals surface area contributed by atoms with E-state index in [0.717, 1.165) is 19.6 Å². The summed E-state index contributed by atoms with van der Waals surface area (Å²) in [6.45, 7) is 13.6. The Labute approximate surface area is 246 Å². The van der Waals surface area contributed by atoms with Gasteiger partial charge in [0.25, 0.3) is 0 Å². The van der Waals surface area contributed by atoms with Gasteiger partial charge in [-0.25, -0.2) is 0 Å². The van der Waals surface area contributed by atoms with Gasteiger partial charge < -0.3 is 33.5 Å². The minimum Gasteiger partial charge on any atom is -1.00 e. The molecule has 0 fully saturated rings. The van der Waals surface area contributed by atoms with Gasteiger partial charge in [-0.1, -0.05) is 109 Å². The molecular weight excluding hydrogens is 574 g/mol. The third-order valence-electron chi connectivity index (χ3n) is 6.78. The lowest BCUT2D eigenvalue weighted by molar-refractivity contribution is -0.148. The summed E-state index contributed by atoms with van der Waals surface area (Å²) in [6.07, 6.45) is 33.7. The lowest BCUT2D eigenvalue weighted by Gasteiger charge is -2.19. The Bertz CT molecular complexity index is 416. The van der Waals surface area contributed by atoms with Crippen LogP contribution in [0.5, 0.6) is 0 Å². The number of unbranched alkanes of at least 4 members (excludes halogenated alkanes) is 16. The highest BCUT2D eigenvalue weighted by atomic mass is 127. The molecule has 0 heterocycles. The van der Waals surface area contributed by atoms with Gasteiger partial charge in [-0.15, -0.1) is 0 Å². The van der Waals surface area contributed by atoms with Gasteiger partial charge in [0.2, 0.25) is 0 Å². The van der Waals surface area contributed by atoms with Crippen molar-refractivity contribution in [2.24, 2.45) is 0 Å². The minimum absolute atomic E-state index is 0. The van der Waals surface area contributed by atoms with Crippen LogP contribution in [0.25, 0.3) is 0 Å². The third-order valence-corrected chi connectivity index (χ3v) is 8.44. The normalized spacial score (nSPS) is 12.1. The molecule has 0 radical (unpaired) electrons. The number of ether oxygens (including phenoxy) is 2. The van der Waals surface area contributed by atoms with Crippen LogP contribution in [-0.2, 0) is 9.47 Å². The Morgan fingerprint density at radius 3 is 1.42 bits per heavy atom. The molecule has 0 saturated heterocycles. The van der Waals surface area contributed by atoms with Crippen molar-refractivity contribution < 1.29 is 33.5 Å². The average molecular weight is 641 g/mol. The largest absolute Gasteiger partial charge is 1.00 e. The van der Waals surface area contributed by atoms with Crippen molar-refractivity contribution in [1.82, 2.24) is 0 Å². The molecule has 0 unspecified atom stereocenters. The zero-order chi connectivity index (χ0) is 25.9. The molecule has 0 aromatic rings. The molecular formula is C32H66IO2P. The summed E-state index contributed by atoms with van der Waals surface area (Å²) >= 11 is 0. The van der Waals surface area contributed by atoms with Crippen molar-refractivity contribution in [3.8, 4) is 0 Å². The number of allylic oxidation sites excluding steroid dienone is 2. The fourth-order valence-electron chi connectivity index (χ4n) is 4.43. The maximum atomic E-state index is 6.20. The van der Waals surface area contributed by atoms with Gasteiger partial charge in [-0.2, -0.15) is 0 Å². The van der Waals surface area contributed by atoms with Crippen molar-refractivity contribution in [1.29, 1.82) is 0 Å². The van der Waals surface area contributed by atoms with E-state index in [0.29, 0.717) is 0 Å². The van der Waals surface area contributed by atoms with Crippen LogP contribution in [0.1, 0.15) is 149 Å². The number of hydrogen-bond donors (Lipinski definition) is 0. The summed E-state index contributed by atoms with van der Waals surface area (Å²) in [6, 6.07) is 0. The van der Waals surface area contributed by atoms with E-state index in [-0.39, 0.29) is 30.3 Å². The van der Waals surface area contributed by atoms with Gasteiger partial charge in [-0.05, 0) is 51.4 Å². The summed E-state index contributed by atoms with van der Waals surface area (Å²) in [5, 5.41) is 0. The van der Waals surface area contributed by atoms with Crippen molar-refractivity contribution >= 4 is 7.26 Å². The zero-order valence-electron chi connectivity index (χ0n) is 25.3. The van der Waals surface area contributed by atoms with Gasteiger partial charge in [0.1, 0.15) is 0 Å². The van der Waals surface area contributed by atoms with Crippen molar-refractivity contribution in [2.75, 3.05) is 39.4 Å². The molecule has 2 nitrogen and oxygen atoms in total. The molecule has 0 N–H and O–H groups in total. The van der Waals surface area contributed by atoms with Crippen LogP contribution in [0, 0.1) is 0 Å². The molecule has 0 bridgehead atoms. The topological polar surface area (TPSA) is 18.5 Å². The monoisotopic (exact) mass is 640 g/mol. The standard InChI is InChI=1S/C32H66O2P.HI/c1-6-8-10-12-17-21-25-29-33-32(34-30-26-22-18-13-11-9-7-2)28-24-20-16-14-15-19-23-27-31-35(3,4)5;/h15,19,32H,6-14,16-18,20-31H2,1-5H3;1H/q+1;/p-1/b19-15-;. The number of rotatable bonds is 28. The van der Waals surface area contributed by atoms with E-state index in [2.05, 4.69) is 46.0 Å². The molecule has 218 valence electrons. The summed E-state index contributed by atoms with van der Waals surface area (Å²) in [7, 11) is -0.590. The highest BCUT2D eigenvalue weighted by Crippen LogP contribution is 2.47. The first kappa shape index (κ1) is 39.0. The van der Waals surface area contributed by atoms with Crippen LogP contribution in [0.15, 0.2) is 12.2 Å². The van der Waals surface area contributed by atoms with E-state index >= 15 is 0 Å². The predicted octanol–water partition coefficient (Wildman–Crippen LogP) is 8.04. The molecule has 0 spiro atoms. The Morgan fingerprint density at radius 2 is 0.944 bits per heavy atom. The maximum absolute atomic E-state index is 6.20. The Morgan fingerprint density at radius 1 is 0.528 bits per heavy atom. The molecule has 0 saturated carbocycles. The van der Waals surface area contributed by atoms with Crippen LogP contribution in [-0.4, -0.2) is 45.7 Å². The first-order chi connectivity index (χ1) is 17.0. The molecule has 0 aromatic carbocycles. The van der Waals surface area contributed by atoms with E-state index in [1.54, 1.807) is 0 Å². The van der Waals surface area contributed by atoms with Crippen molar-refractivity contribution in [3.05, 3.63) is 12.2 Å². The fourth-order valence-corrected chi connectivity index (χ4v) is 5.56. The summed E-state index contributed by atoms with van der Waals surface area (Å²) in [5.41, 5.74) is 0. The van der Waals surface area contributed by atoms with E-state index in [4.69, 9.17) is 9.47 Å². The lowest BCUT2D eigenvalue weighted by Crippen LogP contribution is -3.00. The van der Waals surface area contributed by atoms with Crippen LogP contribution >= 0.6 is 7.26 Å². The molecule has 0 amide bonds. The van der Waals surface area contributed by atoms with Gasteiger partial charge in [0.05, 0.1) is 6.16 Å². The second-order valence-electron chi connectivity index (χ2n) is 11.7. The summed E-state index contributed by atoms with van der Waals surface area (Å²) in [4.78, 5) is 0. The Balaban J connectivity index is 0. The average Bonchev–Trinajstić information content (AvgIpc) is 2.82. The molecule has 0 aliphatic rings. The SMILES string of the molecule is CCCCCCCCCOC(CCCCC/C=C\CCC[P+](C)(C)C)OCCCCCCCCC.[I-]. The number of halogens is 1. The lowest BCUT2D eigenvalue weighted by atomic mass is 10.1. The van der Waals surface area contributed by atoms with Gasteiger partial charge in [-0.3, -0.25) is 0 Å². The summed E-state index contributed by atoms with van der Waals surface area (Å²) in [5.74, 6) is 0. The van der Waals surface area contributed by atoms with E-state index in [9.17, 15) is 0 Å². The van der Waals surface area contributed by atoms with Crippen molar-refractivity contribution in [3.63, 3.8) is 0 Å². The minimum atomic E-state index is -0.590. The second kappa shape index (κ2) is 30.4. The highest BCUT2D eigenvalue weighted by Gasteiger charge is 2.15. The first-order valence-electron chi connectivity index (χ1n) is 15.7. The number of hydrogen-bond acceptors (Lipinski definition) is 2. The van der Waals surface area contributed by atoms with Gasteiger partial charge in [0.15, 0.2) is 6.29 Å². The predicted molar refractivity (Wildman–Crippen MR) is 163 cm³/mol. The van der Waals surface area contributed by atoms with Crippen LogP contribution in [0.3, 0.4) is 0 Å². The fraction of sp³-hybridized carbons (Fsp3) is 0.938. The van der Waals surface area contributed by atoms with E-state index in [1.807, 2.05) is 0 Å². The molecule has 0 atom stereocenters. The zero-order valence-corrected chi connectivity index (χ0v) is 28.4. The molecule has 0 aliphatic heterocycles. The Hall–Kier alpha value is 0.820. The second-order valence-corrected chi connectivity index (χ2v) is 16.7. The van der Waals surface area contributed by atoms with E-state index < -0.39 is 7.26 Å². The first-order valence-corrected chi connectivity index (χ1v) is 19.0. The molecule has 0 aromatic heterocycles. The van der Waals surface area contributed by atoms with Crippen LogP contribution in [0.4, 0.5) is 0 Å².